The van der Waals surface area contributed by atoms with Crippen LogP contribution < -0.4 is 5.73 Å². The van der Waals surface area contributed by atoms with Crippen molar-refractivity contribution in [2.75, 3.05) is 24.7 Å². The number of aliphatic hydroxyl groups is 1. The molecule has 3 heteroatoms. The van der Waals surface area contributed by atoms with Crippen molar-refractivity contribution in [3.63, 3.8) is 0 Å². The zero-order valence-electron chi connectivity index (χ0n) is 15.3. The Kier molecular flexibility index (Phi) is 9.22. The van der Waals surface area contributed by atoms with Crippen molar-refractivity contribution in [2.45, 2.75) is 64.2 Å². The first-order valence-electron chi connectivity index (χ1n) is 9.78. The molecule has 0 fully saturated rings. The average molecular weight is 350 g/mol. The predicted molar refractivity (Wildman–Crippen MR) is 107 cm³/mol. The second kappa shape index (κ2) is 11.2. The van der Waals surface area contributed by atoms with Crippen molar-refractivity contribution in [2.24, 2.45) is 11.7 Å². The van der Waals surface area contributed by atoms with E-state index in [9.17, 15) is 0 Å². The van der Waals surface area contributed by atoms with Crippen LogP contribution in [0.5, 0.6) is 0 Å². The van der Waals surface area contributed by atoms with Gasteiger partial charge in [0, 0.05) is 6.61 Å². The molecule has 0 aromatic heterocycles. The summed E-state index contributed by atoms with van der Waals surface area (Å²) in [5.41, 5.74) is 10.5. The Balaban J connectivity index is 1.90. The summed E-state index contributed by atoms with van der Waals surface area (Å²) in [6.45, 7) is 3.26. The monoisotopic (exact) mass is 349 g/mol. The van der Waals surface area contributed by atoms with Crippen LogP contribution in [0.2, 0.25) is 0 Å². The van der Waals surface area contributed by atoms with Crippen LogP contribution in [0.4, 0.5) is 0 Å². The SMILES string of the molecule is CCCSCC[C@H]1CCc2cc([C@H](CN)CCCCO)ccc2C1. The standard InChI is InChI=1S/C21H35NOS/c1-2-12-24-13-10-17-6-7-19-15-20(9-8-18(19)14-17)21(16-22)5-3-4-11-23/h8-9,15,17,21,23H,2-7,10-14,16,22H2,1H3/t17-,21+/m1/s1. The van der Waals surface area contributed by atoms with E-state index in [1.807, 2.05) is 0 Å². The molecule has 0 radical (unpaired) electrons. The second-order valence-corrected chi connectivity index (χ2v) is 8.41. The van der Waals surface area contributed by atoms with Gasteiger partial charge in [-0.25, -0.2) is 0 Å². The summed E-state index contributed by atoms with van der Waals surface area (Å²) in [6, 6.07) is 7.10. The van der Waals surface area contributed by atoms with Gasteiger partial charge >= 0.3 is 0 Å². The molecule has 0 spiro atoms. The van der Waals surface area contributed by atoms with Crippen LogP contribution in [-0.2, 0) is 12.8 Å². The fourth-order valence-electron chi connectivity index (χ4n) is 3.77. The Labute approximate surface area is 152 Å². The highest BCUT2D eigenvalue weighted by Gasteiger charge is 2.20. The van der Waals surface area contributed by atoms with Gasteiger partial charge in [0.1, 0.15) is 0 Å². The average Bonchev–Trinajstić information content (AvgIpc) is 2.62. The molecular weight excluding hydrogens is 314 g/mol. The van der Waals surface area contributed by atoms with Gasteiger partial charge in [-0.3, -0.25) is 0 Å². The van der Waals surface area contributed by atoms with Gasteiger partial charge in [-0.2, -0.15) is 11.8 Å². The third kappa shape index (κ3) is 6.09. The molecule has 136 valence electrons. The molecule has 2 nitrogen and oxygen atoms in total. The molecule has 0 saturated carbocycles. The summed E-state index contributed by atoms with van der Waals surface area (Å²) in [5.74, 6) is 3.96. The normalized spacial score (nSPS) is 18.4. The van der Waals surface area contributed by atoms with Crippen molar-refractivity contribution >= 4 is 11.8 Å². The molecule has 2 rings (SSSR count). The summed E-state index contributed by atoms with van der Waals surface area (Å²) in [5, 5.41) is 8.96. The van der Waals surface area contributed by atoms with E-state index in [4.69, 9.17) is 10.8 Å². The lowest BCUT2D eigenvalue weighted by Crippen LogP contribution is -2.17. The van der Waals surface area contributed by atoms with E-state index in [0.29, 0.717) is 19.1 Å². The van der Waals surface area contributed by atoms with Crippen molar-refractivity contribution in [1.82, 2.24) is 0 Å². The number of aryl methyl sites for hydroxylation is 1. The van der Waals surface area contributed by atoms with Crippen molar-refractivity contribution in [1.29, 1.82) is 0 Å². The van der Waals surface area contributed by atoms with E-state index in [1.54, 1.807) is 11.1 Å². The van der Waals surface area contributed by atoms with Crippen LogP contribution in [0.3, 0.4) is 0 Å². The topological polar surface area (TPSA) is 46.2 Å². The molecule has 2 atom stereocenters. The molecule has 1 aromatic carbocycles. The Bertz CT molecular complexity index is 477. The van der Waals surface area contributed by atoms with Crippen LogP contribution in [0.25, 0.3) is 0 Å². The fourth-order valence-corrected chi connectivity index (χ4v) is 4.76. The molecule has 3 N–H and O–H groups in total. The highest BCUT2D eigenvalue weighted by atomic mass is 32.2. The van der Waals surface area contributed by atoms with Gasteiger partial charge in [-0.15, -0.1) is 0 Å². The Hall–Kier alpha value is -0.510. The molecule has 0 heterocycles. The molecule has 0 saturated heterocycles. The minimum atomic E-state index is 0.291. The molecule has 1 aliphatic rings. The first-order valence-corrected chi connectivity index (χ1v) is 10.9. The van der Waals surface area contributed by atoms with Gasteiger partial charge in [0.2, 0.25) is 0 Å². The molecule has 0 aliphatic heterocycles. The van der Waals surface area contributed by atoms with Gasteiger partial charge in [0.05, 0.1) is 0 Å². The van der Waals surface area contributed by atoms with E-state index < -0.39 is 0 Å². The van der Waals surface area contributed by atoms with E-state index in [1.165, 1.54) is 49.2 Å². The maximum Gasteiger partial charge on any atom is 0.0431 e. The lowest BCUT2D eigenvalue weighted by atomic mass is 9.80. The molecule has 0 unspecified atom stereocenters. The van der Waals surface area contributed by atoms with Crippen LogP contribution in [0.15, 0.2) is 18.2 Å². The van der Waals surface area contributed by atoms with Gasteiger partial charge in [-0.05, 0) is 91.5 Å². The second-order valence-electron chi connectivity index (χ2n) is 7.19. The van der Waals surface area contributed by atoms with Crippen molar-refractivity contribution < 1.29 is 5.11 Å². The summed E-state index contributed by atoms with van der Waals surface area (Å²) in [7, 11) is 0. The smallest absolute Gasteiger partial charge is 0.0431 e. The summed E-state index contributed by atoms with van der Waals surface area (Å²) in [6.07, 6.45) is 9.56. The van der Waals surface area contributed by atoms with Crippen LogP contribution >= 0.6 is 11.8 Å². The zero-order chi connectivity index (χ0) is 17.2. The Morgan fingerprint density at radius 1 is 1.25 bits per heavy atom. The Morgan fingerprint density at radius 2 is 2.12 bits per heavy atom. The third-order valence-electron chi connectivity index (χ3n) is 5.30. The first kappa shape index (κ1) is 19.8. The van der Waals surface area contributed by atoms with E-state index in [2.05, 4.69) is 36.9 Å². The van der Waals surface area contributed by atoms with Crippen molar-refractivity contribution in [3.8, 4) is 0 Å². The number of rotatable bonds is 11. The van der Waals surface area contributed by atoms with E-state index in [-0.39, 0.29) is 0 Å². The van der Waals surface area contributed by atoms with Crippen LogP contribution in [-0.4, -0.2) is 29.8 Å². The minimum absolute atomic E-state index is 0.291. The zero-order valence-corrected chi connectivity index (χ0v) is 16.1. The predicted octanol–water partition coefficient (Wildman–Crippen LogP) is 4.53. The molecule has 24 heavy (non-hydrogen) atoms. The van der Waals surface area contributed by atoms with Gasteiger partial charge in [0.15, 0.2) is 0 Å². The first-order chi connectivity index (χ1) is 11.8. The molecule has 0 bridgehead atoms. The maximum atomic E-state index is 8.96. The van der Waals surface area contributed by atoms with Crippen LogP contribution in [0, 0.1) is 5.92 Å². The number of nitrogens with two attached hydrogens (primary N) is 1. The highest BCUT2D eigenvalue weighted by molar-refractivity contribution is 7.99. The quantitative estimate of drug-likeness (QED) is 0.577. The lowest BCUT2D eigenvalue weighted by Gasteiger charge is -2.26. The van der Waals surface area contributed by atoms with Crippen molar-refractivity contribution in [3.05, 3.63) is 34.9 Å². The number of benzene rings is 1. The molecular formula is C21H35NOS. The maximum absolute atomic E-state index is 8.96. The molecule has 0 amide bonds. The lowest BCUT2D eigenvalue weighted by molar-refractivity contribution is 0.281. The minimum Gasteiger partial charge on any atom is -0.396 e. The molecule has 1 aromatic rings. The van der Waals surface area contributed by atoms with Crippen LogP contribution in [0.1, 0.15) is 68.1 Å². The van der Waals surface area contributed by atoms with Gasteiger partial charge in [0.25, 0.3) is 0 Å². The summed E-state index contributed by atoms with van der Waals surface area (Å²) in [4.78, 5) is 0. The third-order valence-corrected chi connectivity index (χ3v) is 6.52. The number of hydrogen-bond acceptors (Lipinski definition) is 3. The largest absolute Gasteiger partial charge is 0.396 e. The Morgan fingerprint density at radius 3 is 2.88 bits per heavy atom. The number of fused-ring (bicyclic) bond motifs is 1. The summed E-state index contributed by atoms with van der Waals surface area (Å²) >= 11 is 2.12. The molecule has 1 aliphatic carbocycles. The highest BCUT2D eigenvalue weighted by Crippen LogP contribution is 2.31. The van der Waals surface area contributed by atoms with E-state index in [0.717, 1.165) is 25.2 Å². The number of aliphatic hydroxyl groups excluding tert-OH is 1. The van der Waals surface area contributed by atoms with Gasteiger partial charge < -0.3 is 10.8 Å². The summed E-state index contributed by atoms with van der Waals surface area (Å²) < 4.78 is 0. The number of hydrogen-bond donors (Lipinski definition) is 2. The fraction of sp³-hybridized carbons (Fsp3) is 0.714. The number of unbranched alkanes of at least 4 members (excludes halogenated alkanes) is 1. The number of thioether (sulfide) groups is 1. The van der Waals surface area contributed by atoms with E-state index >= 15 is 0 Å². The van der Waals surface area contributed by atoms with Gasteiger partial charge in [-0.1, -0.05) is 31.5 Å².